The highest BCUT2D eigenvalue weighted by Crippen LogP contribution is 2.41. The molecule has 100 valence electrons. The first-order valence-corrected chi connectivity index (χ1v) is 7.15. The predicted molar refractivity (Wildman–Crippen MR) is 72.0 cm³/mol. The van der Waals surface area contributed by atoms with Crippen LogP contribution in [0.5, 0.6) is 5.88 Å². The summed E-state index contributed by atoms with van der Waals surface area (Å²) >= 11 is 1.47. The summed E-state index contributed by atoms with van der Waals surface area (Å²) in [6.07, 6.45) is 4.35. The Bertz CT molecular complexity index is 556. The van der Waals surface area contributed by atoms with Gasteiger partial charge in [0, 0.05) is 17.9 Å². The second-order valence-corrected chi connectivity index (χ2v) is 5.90. The number of nitrogens with two attached hydrogens (primary N) is 1. The molecule has 2 atom stereocenters. The molecule has 6 nitrogen and oxygen atoms in total. The summed E-state index contributed by atoms with van der Waals surface area (Å²) in [7, 11) is 0. The number of aromatic hydroxyl groups is 1. The number of hydrogen-bond donors (Lipinski definition) is 2. The number of aromatic nitrogens is 4. The van der Waals surface area contributed by atoms with E-state index in [1.165, 1.54) is 11.3 Å². The summed E-state index contributed by atoms with van der Waals surface area (Å²) in [5.74, 6) is 0.745. The van der Waals surface area contributed by atoms with Gasteiger partial charge in [-0.25, -0.2) is 0 Å². The fourth-order valence-electron chi connectivity index (χ4n) is 2.65. The smallest absolute Gasteiger partial charge is 0.230 e. The third kappa shape index (κ3) is 2.65. The van der Waals surface area contributed by atoms with Crippen LogP contribution in [-0.4, -0.2) is 25.5 Å². The van der Waals surface area contributed by atoms with Crippen LogP contribution in [0, 0.1) is 0 Å². The molecule has 1 aliphatic carbocycles. The van der Waals surface area contributed by atoms with E-state index < -0.39 is 0 Å². The molecule has 0 amide bonds. The normalized spacial score (nSPS) is 23.4. The zero-order valence-electron chi connectivity index (χ0n) is 10.4. The lowest BCUT2D eigenvalue weighted by Crippen LogP contribution is -2.14. The number of nitrogens with zero attached hydrogens (tertiary/aromatic N) is 4. The Hall–Kier alpha value is -1.76. The van der Waals surface area contributed by atoms with Crippen LogP contribution in [0.25, 0.3) is 0 Å². The maximum atomic E-state index is 9.18. The van der Waals surface area contributed by atoms with Gasteiger partial charge in [-0.3, -0.25) is 0 Å². The Kier molecular flexibility index (Phi) is 3.29. The molecule has 1 aliphatic rings. The van der Waals surface area contributed by atoms with Crippen molar-refractivity contribution in [1.82, 2.24) is 20.4 Å². The second kappa shape index (κ2) is 5.08. The molecule has 0 aliphatic heterocycles. The molecule has 19 heavy (non-hydrogen) atoms. The SMILES string of the molecule is Nc1nnc(C2CCC[C@H](c3ccc(O)nn3)C2)s1. The zero-order chi connectivity index (χ0) is 13.2. The monoisotopic (exact) mass is 277 g/mol. The largest absolute Gasteiger partial charge is 0.492 e. The average molecular weight is 277 g/mol. The summed E-state index contributed by atoms with van der Waals surface area (Å²) in [6, 6.07) is 3.44. The van der Waals surface area contributed by atoms with Gasteiger partial charge < -0.3 is 10.8 Å². The number of anilines is 1. The van der Waals surface area contributed by atoms with Gasteiger partial charge >= 0.3 is 0 Å². The van der Waals surface area contributed by atoms with Crippen LogP contribution in [0.15, 0.2) is 12.1 Å². The molecule has 0 aromatic carbocycles. The summed E-state index contributed by atoms with van der Waals surface area (Å²) in [5.41, 5.74) is 6.59. The molecule has 7 heteroatoms. The molecule has 0 spiro atoms. The zero-order valence-corrected chi connectivity index (χ0v) is 11.2. The summed E-state index contributed by atoms with van der Waals surface area (Å²) < 4.78 is 0. The van der Waals surface area contributed by atoms with E-state index in [9.17, 15) is 5.11 Å². The van der Waals surface area contributed by atoms with Crippen molar-refractivity contribution in [1.29, 1.82) is 0 Å². The van der Waals surface area contributed by atoms with Crippen molar-refractivity contribution in [3.63, 3.8) is 0 Å². The fraction of sp³-hybridized carbons (Fsp3) is 0.500. The number of rotatable bonds is 2. The van der Waals surface area contributed by atoms with Gasteiger partial charge in [-0.15, -0.1) is 15.3 Å². The molecule has 2 aromatic heterocycles. The molecule has 3 N–H and O–H groups in total. The molecule has 0 bridgehead atoms. The van der Waals surface area contributed by atoms with Crippen molar-refractivity contribution in [3.8, 4) is 5.88 Å². The molecule has 3 rings (SSSR count). The summed E-state index contributed by atoms with van der Waals surface area (Å²) in [4.78, 5) is 0. The first-order chi connectivity index (χ1) is 9.22. The van der Waals surface area contributed by atoms with E-state index in [0.29, 0.717) is 17.0 Å². The van der Waals surface area contributed by atoms with E-state index in [1.807, 2.05) is 6.07 Å². The van der Waals surface area contributed by atoms with Gasteiger partial charge in [0.2, 0.25) is 11.0 Å². The highest BCUT2D eigenvalue weighted by molar-refractivity contribution is 7.15. The van der Waals surface area contributed by atoms with Crippen LogP contribution in [0.1, 0.15) is 48.2 Å². The first-order valence-electron chi connectivity index (χ1n) is 6.34. The Labute approximate surface area is 114 Å². The van der Waals surface area contributed by atoms with Crippen molar-refractivity contribution in [2.24, 2.45) is 0 Å². The minimum Gasteiger partial charge on any atom is -0.492 e. The Morgan fingerprint density at radius 3 is 2.63 bits per heavy atom. The maximum Gasteiger partial charge on any atom is 0.230 e. The lowest BCUT2D eigenvalue weighted by Gasteiger charge is -2.26. The lowest BCUT2D eigenvalue weighted by atomic mass is 9.80. The third-order valence-electron chi connectivity index (χ3n) is 3.57. The van der Waals surface area contributed by atoms with Crippen molar-refractivity contribution < 1.29 is 5.11 Å². The van der Waals surface area contributed by atoms with Gasteiger partial charge in [0.15, 0.2) is 0 Å². The minimum atomic E-state index is -0.0343. The highest BCUT2D eigenvalue weighted by Gasteiger charge is 2.27. The van der Waals surface area contributed by atoms with Crippen molar-refractivity contribution in [2.45, 2.75) is 37.5 Å². The van der Waals surface area contributed by atoms with E-state index in [4.69, 9.17) is 5.73 Å². The third-order valence-corrected chi connectivity index (χ3v) is 4.48. The van der Waals surface area contributed by atoms with Gasteiger partial charge in [0.05, 0.1) is 5.69 Å². The molecule has 1 fully saturated rings. The summed E-state index contributed by atoms with van der Waals surface area (Å²) in [6.45, 7) is 0. The van der Waals surface area contributed by atoms with E-state index in [2.05, 4.69) is 20.4 Å². The van der Waals surface area contributed by atoms with Crippen LogP contribution in [0.3, 0.4) is 0 Å². The standard InChI is InChI=1S/C12H15N5OS/c13-12-17-16-11(19-12)8-3-1-2-7(6-8)9-4-5-10(18)15-14-9/h4-5,7-8H,1-3,6H2,(H2,13,17)(H,15,18)/t7-,8?/m0/s1. The fourth-order valence-corrected chi connectivity index (χ4v) is 3.41. The molecular weight excluding hydrogens is 262 g/mol. The van der Waals surface area contributed by atoms with E-state index in [-0.39, 0.29) is 5.88 Å². The van der Waals surface area contributed by atoms with E-state index >= 15 is 0 Å². The van der Waals surface area contributed by atoms with Crippen LogP contribution in [0.4, 0.5) is 5.13 Å². The van der Waals surface area contributed by atoms with Gasteiger partial charge in [0.1, 0.15) is 5.01 Å². The Balaban J connectivity index is 1.76. The maximum absolute atomic E-state index is 9.18. The topological polar surface area (TPSA) is 97.8 Å². The van der Waals surface area contributed by atoms with Crippen molar-refractivity contribution >= 4 is 16.5 Å². The van der Waals surface area contributed by atoms with Gasteiger partial charge in [-0.1, -0.05) is 17.8 Å². The van der Waals surface area contributed by atoms with Crippen LogP contribution >= 0.6 is 11.3 Å². The molecule has 1 unspecified atom stereocenters. The number of hydrogen-bond acceptors (Lipinski definition) is 7. The van der Waals surface area contributed by atoms with E-state index in [0.717, 1.165) is 36.4 Å². The van der Waals surface area contributed by atoms with Crippen LogP contribution < -0.4 is 5.73 Å². The highest BCUT2D eigenvalue weighted by atomic mass is 32.1. The van der Waals surface area contributed by atoms with Gasteiger partial charge in [0.25, 0.3) is 0 Å². The lowest BCUT2D eigenvalue weighted by molar-refractivity contribution is 0.381. The van der Waals surface area contributed by atoms with Crippen LogP contribution in [0.2, 0.25) is 0 Å². The van der Waals surface area contributed by atoms with Crippen molar-refractivity contribution in [2.75, 3.05) is 5.73 Å². The summed E-state index contributed by atoms with van der Waals surface area (Å²) in [5, 5.41) is 26.6. The molecule has 1 saturated carbocycles. The molecule has 2 aromatic rings. The second-order valence-electron chi connectivity index (χ2n) is 4.86. The minimum absolute atomic E-state index is 0.0343. The Morgan fingerprint density at radius 1 is 1.11 bits per heavy atom. The van der Waals surface area contributed by atoms with E-state index in [1.54, 1.807) is 6.07 Å². The predicted octanol–water partition coefficient (Wildman–Crippen LogP) is 2.06. The number of nitrogen functional groups attached to an aromatic ring is 1. The first kappa shape index (κ1) is 12.3. The van der Waals surface area contributed by atoms with Gasteiger partial charge in [-0.05, 0) is 25.3 Å². The van der Waals surface area contributed by atoms with Crippen molar-refractivity contribution in [3.05, 3.63) is 22.8 Å². The van der Waals surface area contributed by atoms with Crippen LogP contribution in [-0.2, 0) is 0 Å². The van der Waals surface area contributed by atoms with Gasteiger partial charge in [-0.2, -0.15) is 5.10 Å². The molecule has 0 saturated heterocycles. The Morgan fingerprint density at radius 2 is 1.95 bits per heavy atom. The average Bonchev–Trinajstić information content (AvgIpc) is 2.86. The molecule has 2 heterocycles. The molecule has 0 radical (unpaired) electrons. The molecular formula is C12H15N5OS. The quantitative estimate of drug-likeness (QED) is 0.872.